The molecule has 0 saturated carbocycles. The van der Waals surface area contributed by atoms with Crippen LogP contribution in [0, 0.1) is 5.41 Å². The smallest absolute Gasteiger partial charge is 0.294 e. The zero-order valence-corrected chi connectivity index (χ0v) is 17.8. The van der Waals surface area contributed by atoms with Crippen LogP contribution in [0.15, 0.2) is 59.8 Å². The molecule has 0 bridgehead atoms. The number of hydrogen-bond acceptors (Lipinski definition) is 2. The summed E-state index contributed by atoms with van der Waals surface area (Å²) >= 11 is 6.12. The van der Waals surface area contributed by atoms with Gasteiger partial charge in [-0.3, -0.25) is 14.5 Å². The quantitative estimate of drug-likeness (QED) is 0.525. The van der Waals surface area contributed by atoms with Gasteiger partial charge in [-0.05, 0) is 41.7 Å². The lowest BCUT2D eigenvalue weighted by molar-refractivity contribution is -0.138. The van der Waals surface area contributed by atoms with Gasteiger partial charge in [0, 0.05) is 35.1 Å². The van der Waals surface area contributed by atoms with Crippen molar-refractivity contribution in [3.8, 4) is 0 Å². The summed E-state index contributed by atoms with van der Waals surface area (Å²) in [6.07, 6.45) is -4.18. The molecule has 1 unspecified atom stereocenters. The Balaban J connectivity index is 1.94. The lowest BCUT2D eigenvalue weighted by atomic mass is 9.68. The van der Waals surface area contributed by atoms with E-state index in [9.17, 15) is 22.8 Å². The molecule has 1 aliphatic carbocycles. The van der Waals surface area contributed by atoms with Crippen molar-refractivity contribution in [3.05, 3.63) is 76.0 Å². The Morgan fingerprint density at radius 2 is 1.74 bits per heavy atom. The molecule has 0 saturated heterocycles. The summed E-state index contributed by atoms with van der Waals surface area (Å²) < 4.78 is 41.2. The minimum Gasteiger partial charge on any atom is -0.294 e. The third kappa shape index (κ3) is 4.01. The van der Waals surface area contributed by atoms with Gasteiger partial charge in [0.05, 0.1) is 11.3 Å². The first-order valence-corrected chi connectivity index (χ1v) is 10.4. The maximum absolute atomic E-state index is 13.7. The van der Waals surface area contributed by atoms with E-state index in [1.165, 1.54) is 23.1 Å². The third-order valence-corrected chi connectivity index (χ3v) is 6.09. The Bertz CT molecular complexity index is 1100. The number of amides is 1. The highest BCUT2D eigenvalue weighted by atomic mass is 35.5. The third-order valence-electron chi connectivity index (χ3n) is 5.85. The second-order valence-corrected chi connectivity index (χ2v) is 9.29. The summed E-state index contributed by atoms with van der Waals surface area (Å²) in [5.41, 5.74) is 0.0249. The van der Waals surface area contributed by atoms with Gasteiger partial charge in [0.2, 0.25) is 5.91 Å². The normalized spacial score (nSPS) is 21.4. The molecule has 4 rings (SSSR count). The van der Waals surface area contributed by atoms with Crippen LogP contribution in [-0.2, 0) is 15.8 Å². The average molecular weight is 448 g/mol. The first kappa shape index (κ1) is 21.6. The van der Waals surface area contributed by atoms with Crippen molar-refractivity contribution in [2.45, 2.75) is 45.2 Å². The van der Waals surface area contributed by atoms with E-state index in [-0.39, 0.29) is 30.1 Å². The number of anilines is 1. The van der Waals surface area contributed by atoms with Crippen molar-refractivity contribution in [1.29, 1.82) is 0 Å². The molecule has 0 N–H and O–H groups in total. The van der Waals surface area contributed by atoms with Crippen molar-refractivity contribution < 1.29 is 22.8 Å². The predicted octanol–water partition coefficient (Wildman–Crippen LogP) is 6.52. The number of ketones is 1. The van der Waals surface area contributed by atoms with Gasteiger partial charge in [0.1, 0.15) is 0 Å². The Morgan fingerprint density at radius 3 is 2.42 bits per heavy atom. The van der Waals surface area contributed by atoms with Gasteiger partial charge in [-0.2, -0.15) is 13.2 Å². The lowest BCUT2D eigenvalue weighted by Gasteiger charge is -2.43. The Labute approximate surface area is 183 Å². The van der Waals surface area contributed by atoms with Crippen molar-refractivity contribution >= 4 is 29.0 Å². The average Bonchev–Trinajstić information content (AvgIpc) is 2.65. The molecule has 3 nitrogen and oxygen atoms in total. The van der Waals surface area contributed by atoms with Crippen LogP contribution in [0.1, 0.15) is 50.2 Å². The van der Waals surface area contributed by atoms with Gasteiger partial charge in [-0.15, -0.1) is 0 Å². The molecular formula is C24H21ClF3NO2. The van der Waals surface area contributed by atoms with Gasteiger partial charge in [0.25, 0.3) is 0 Å². The first-order valence-electron chi connectivity index (χ1n) is 9.99. The Morgan fingerprint density at radius 1 is 1.03 bits per heavy atom. The van der Waals surface area contributed by atoms with Crippen molar-refractivity contribution in [2.75, 3.05) is 4.90 Å². The predicted molar refractivity (Wildman–Crippen MR) is 113 cm³/mol. The zero-order chi connectivity index (χ0) is 22.6. The summed E-state index contributed by atoms with van der Waals surface area (Å²) in [5, 5.41) is 0.429. The number of rotatable bonds is 2. The van der Waals surface area contributed by atoms with E-state index in [1.807, 2.05) is 13.8 Å². The molecule has 0 fully saturated rings. The number of alkyl halides is 3. The van der Waals surface area contributed by atoms with E-state index in [1.54, 1.807) is 24.3 Å². The summed E-state index contributed by atoms with van der Waals surface area (Å²) in [7, 11) is 0. The molecule has 1 heterocycles. The van der Waals surface area contributed by atoms with E-state index in [2.05, 4.69) is 0 Å². The molecule has 1 aliphatic heterocycles. The summed E-state index contributed by atoms with van der Waals surface area (Å²) in [6, 6.07) is 11.9. The minimum atomic E-state index is -4.58. The molecular weight excluding hydrogens is 427 g/mol. The minimum absolute atomic E-state index is 0.0327. The van der Waals surface area contributed by atoms with Crippen LogP contribution in [0.2, 0.25) is 5.02 Å². The maximum Gasteiger partial charge on any atom is 0.416 e. The second-order valence-electron chi connectivity index (χ2n) is 8.85. The van der Waals surface area contributed by atoms with E-state index in [0.717, 1.165) is 6.07 Å². The maximum atomic E-state index is 13.7. The highest BCUT2D eigenvalue weighted by Gasteiger charge is 2.46. The first-order chi connectivity index (χ1) is 14.5. The molecule has 7 heteroatoms. The van der Waals surface area contributed by atoms with E-state index in [4.69, 9.17) is 11.6 Å². The Hall–Kier alpha value is -2.60. The molecule has 0 radical (unpaired) electrons. The number of carbonyl (C=O) groups excluding carboxylic acids is 2. The van der Waals surface area contributed by atoms with E-state index < -0.39 is 23.1 Å². The van der Waals surface area contributed by atoms with Gasteiger partial charge < -0.3 is 0 Å². The van der Waals surface area contributed by atoms with Crippen LogP contribution in [0.3, 0.4) is 0 Å². The monoisotopic (exact) mass is 447 g/mol. The number of benzene rings is 2. The van der Waals surface area contributed by atoms with Gasteiger partial charge >= 0.3 is 6.18 Å². The van der Waals surface area contributed by atoms with Crippen LogP contribution in [-0.4, -0.2) is 11.7 Å². The number of carbonyl (C=O) groups is 2. The highest BCUT2D eigenvalue weighted by Crippen LogP contribution is 2.50. The SMILES string of the molecule is CC1(C)CC(=O)C2=C(C1)N(c1cccc(Cl)c1)C(=O)CC2c1ccccc1C(F)(F)F. The Kier molecular flexibility index (Phi) is 5.24. The highest BCUT2D eigenvalue weighted by molar-refractivity contribution is 6.31. The molecule has 2 aromatic rings. The number of Topliss-reactive ketones (excluding diaryl/α,β-unsaturated/α-hetero) is 1. The summed E-state index contributed by atoms with van der Waals surface area (Å²) in [6.45, 7) is 3.84. The molecule has 1 amide bonds. The fourth-order valence-electron chi connectivity index (χ4n) is 4.65. The van der Waals surface area contributed by atoms with Crippen LogP contribution >= 0.6 is 11.6 Å². The van der Waals surface area contributed by atoms with Crippen molar-refractivity contribution in [3.63, 3.8) is 0 Å². The van der Waals surface area contributed by atoms with E-state index in [0.29, 0.717) is 28.4 Å². The summed E-state index contributed by atoms with van der Waals surface area (Å²) in [5.74, 6) is -1.50. The van der Waals surface area contributed by atoms with Crippen LogP contribution in [0.4, 0.5) is 18.9 Å². The van der Waals surface area contributed by atoms with Gasteiger partial charge in [-0.25, -0.2) is 0 Å². The van der Waals surface area contributed by atoms with Crippen LogP contribution in [0.5, 0.6) is 0 Å². The topological polar surface area (TPSA) is 37.4 Å². The standard InChI is InChI=1S/C24H21ClF3NO2/c1-23(2)12-19-22(20(30)13-23)17(16-8-3-4-9-18(16)24(26,27)28)11-21(31)29(19)15-7-5-6-14(25)10-15/h3-10,17H,11-13H2,1-2H3. The molecule has 31 heavy (non-hydrogen) atoms. The molecule has 2 aliphatic rings. The summed E-state index contributed by atoms with van der Waals surface area (Å²) in [4.78, 5) is 28.0. The largest absolute Gasteiger partial charge is 0.416 e. The fraction of sp³-hybridized carbons (Fsp3) is 0.333. The molecule has 1 atom stereocenters. The zero-order valence-electron chi connectivity index (χ0n) is 17.1. The molecule has 162 valence electrons. The molecule has 2 aromatic carbocycles. The number of halogens is 4. The van der Waals surface area contributed by atoms with E-state index >= 15 is 0 Å². The van der Waals surface area contributed by atoms with Gasteiger partial charge in [0.15, 0.2) is 5.78 Å². The van der Waals surface area contributed by atoms with Crippen molar-refractivity contribution in [1.82, 2.24) is 0 Å². The molecule has 0 spiro atoms. The second kappa shape index (κ2) is 7.52. The number of hydrogen-bond donors (Lipinski definition) is 0. The number of allylic oxidation sites excluding steroid dienone is 2. The lowest BCUT2D eigenvalue weighted by Crippen LogP contribution is -2.44. The number of nitrogens with zero attached hydrogens (tertiary/aromatic N) is 1. The molecule has 0 aromatic heterocycles. The van der Waals surface area contributed by atoms with Gasteiger partial charge in [-0.1, -0.05) is 49.7 Å². The van der Waals surface area contributed by atoms with Crippen LogP contribution < -0.4 is 4.90 Å². The fourth-order valence-corrected chi connectivity index (χ4v) is 4.84. The van der Waals surface area contributed by atoms with Crippen molar-refractivity contribution in [2.24, 2.45) is 5.41 Å². The van der Waals surface area contributed by atoms with Crippen LogP contribution in [0.25, 0.3) is 0 Å².